The van der Waals surface area contributed by atoms with Gasteiger partial charge in [0.05, 0.1) is 5.88 Å². The van der Waals surface area contributed by atoms with Crippen molar-refractivity contribution in [3.05, 3.63) is 42.0 Å². The summed E-state index contributed by atoms with van der Waals surface area (Å²) >= 11 is 5.77. The van der Waals surface area contributed by atoms with Crippen LogP contribution in [0.25, 0.3) is 5.69 Å². The Balaban J connectivity index is 0.00000112. The SMILES string of the molecule is Cc1nnc(CCl)n1-c1ccccc1.Cl. The van der Waals surface area contributed by atoms with Gasteiger partial charge in [0, 0.05) is 5.69 Å². The van der Waals surface area contributed by atoms with E-state index in [0.717, 1.165) is 17.3 Å². The van der Waals surface area contributed by atoms with Crippen molar-refractivity contribution >= 4 is 24.0 Å². The van der Waals surface area contributed by atoms with Crippen molar-refractivity contribution in [3.63, 3.8) is 0 Å². The second-order valence-electron chi connectivity index (χ2n) is 2.97. The number of nitrogens with zero attached hydrogens (tertiary/aromatic N) is 3. The Bertz CT molecular complexity index is 425. The summed E-state index contributed by atoms with van der Waals surface area (Å²) in [5, 5.41) is 7.98. The van der Waals surface area contributed by atoms with E-state index < -0.39 is 0 Å². The maximum atomic E-state index is 5.77. The number of para-hydroxylation sites is 1. The number of alkyl halides is 1. The van der Waals surface area contributed by atoms with Crippen molar-refractivity contribution < 1.29 is 0 Å². The van der Waals surface area contributed by atoms with Crippen molar-refractivity contribution in [1.82, 2.24) is 14.8 Å². The van der Waals surface area contributed by atoms with Crippen LogP contribution in [-0.2, 0) is 5.88 Å². The topological polar surface area (TPSA) is 30.7 Å². The number of rotatable bonds is 2. The Morgan fingerprint density at radius 3 is 2.47 bits per heavy atom. The molecule has 80 valence electrons. The zero-order valence-electron chi connectivity index (χ0n) is 8.22. The molecule has 3 nitrogen and oxygen atoms in total. The van der Waals surface area contributed by atoms with Gasteiger partial charge in [-0.3, -0.25) is 4.57 Å². The van der Waals surface area contributed by atoms with Crippen LogP contribution in [-0.4, -0.2) is 14.8 Å². The van der Waals surface area contributed by atoms with Crippen LogP contribution in [0.15, 0.2) is 30.3 Å². The van der Waals surface area contributed by atoms with Gasteiger partial charge in [0.15, 0.2) is 5.82 Å². The first-order valence-corrected chi connectivity index (χ1v) is 4.88. The molecule has 2 aromatic rings. The molecular weight excluding hydrogens is 233 g/mol. The van der Waals surface area contributed by atoms with Gasteiger partial charge in [0.2, 0.25) is 0 Å². The van der Waals surface area contributed by atoms with Gasteiger partial charge in [-0.1, -0.05) is 18.2 Å². The number of hydrogen-bond donors (Lipinski definition) is 0. The molecule has 0 N–H and O–H groups in total. The summed E-state index contributed by atoms with van der Waals surface area (Å²) < 4.78 is 1.95. The predicted octanol–water partition coefficient (Wildman–Crippen LogP) is 2.74. The van der Waals surface area contributed by atoms with Gasteiger partial charge in [0.25, 0.3) is 0 Å². The first-order valence-electron chi connectivity index (χ1n) is 4.35. The van der Waals surface area contributed by atoms with E-state index in [-0.39, 0.29) is 12.4 Å². The molecule has 1 aromatic carbocycles. The fraction of sp³-hybridized carbons (Fsp3) is 0.200. The highest BCUT2D eigenvalue weighted by Crippen LogP contribution is 2.13. The lowest BCUT2D eigenvalue weighted by molar-refractivity contribution is 0.926. The van der Waals surface area contributed by atoms with Crippen LogP contribution in [0, 0.1) is 6.92 Å². The van der Waals surface area contributed by atoms with E-state index in [9.17, 15) is 0 Å². The molecule has 0 aliphatic heterocycles. The van der Waals surface area contributed by atoms with E-state index >= 15 is 0 Å². The summed E-state index contributed by atoms with van der Waals surface area (Å²) in [6.07, 6.45) is 0. The first-order chi connectivity index (χ1) is 6.83. The molecule has 0 aliphatic rings. The predicted molar refractivity (Wildman–Crippen MR) is 62.9 cm³/mol. The minimum absolute atomic E-state index is 0. The highest BCUT2D eigenvalue weighted by molar-refractivity contribution is 6.16. The molecule has 1 aromatic heterocycles. The molecule has 0 radical (unpaired) electrons. The molecule has 0 atom stereocenters. The smallest absolute Gasteiger partial charge is 0.152 e. The van der Waals surface area contributed by atoms with E-state index in [0.29, 0.717) is 5.88 Å². The molecule has 0 fully saturated rings. The standard InChI is InChI=1S/C10H10ClN3.ClH/c1-8-12-13-10(7-11)14(8)9-5-3-2-4-6-9;/h2-6H,7H2,1H3;1H. The number of aromatic nitrogens is 3. The molecule has 5 heteroatoms. The lowest BCUT2D eigenvalue weighted by Gasteiger charge is -2.05. The van der Waals surface area contributed by atoms with Gasteiger partial charge >= 0.3 is 0 Å². The van der Waals surface area contributed by atoms with Gasteiger partial charge in [-0.25, -0.2) is 0 Å². The minimum atomic E-state index is 0. The zero-order chi connectivity index (χ0) is 9.97. The van der Waals surface area contributed by atoms with Crippen molar-refractivity contribution in [2.24, 2.45) is 0 Å². The summed E-state index contributed by atoms with van der Waals surface area (Å²) in [7, 11) is 0. The molecule has 0 spiro atoms. The minimum Gasteiger partial charge on any atom is -0.282 e. The molecule has 15 heavy (non-hydrogen) atoms. The second-order valence-corrected chi connectivity index (χ2v) is 3.24. The first kappa shape index (κ1) is 12.0. The number of aryl methyl sites for hydroxylation is 1. The van der Waals surface area contributed by atoms with Gasteiger partial charge in [0.1, 0.15) is 5.82 Å². The number of benzene rings is 1. The van der Waals surface area contributed by atoms with Gasteiger partial charge in [-0.15, -0.1) is 34.2 Å². The van der Waals surface area contributed by atoms with Crippen LogP contribution in [0.2, 0.25) is 0 Å². The Morgan fingerprint density at radius 2 is 1.87 bits per heavy atom. The lowest BCUT2D eigenvalue weighted by Crippen LogP contribution is -2.00. The fourth-order valence-corrected chi connectivity index (χ4v) is 1.58. The van der Waals surface area contributed by atoms with Crippen molar-refractivity contribution in [2.45, 2.75) is 12.8 Å². The van der Waals surface area contributed by atoms with Crippen molar-refractivity contribution in [3.8, 4) is 5.69 Å². The van der Waals surface area contributed by atoms with Gasteiger partial charge in [-0.05, 0) is 19.1 Å². The van der Waals surface area contributed by atoms with E-state index in [4.69, 9.17) is 11.6 Å². The van der Waals surface area contributed by atoms with Crippen LogP contribution in [0.3, 0.4) is 0 Å². The highest BCUT2D eigenvalue weighted by atomic mass is 35.5. The summed E-state index contributed by atoms with van der Waals surface area (Å²) in [5.74, 6) is 2.00. The highest BCUT2D eigenvalue weighted by Gasteiger charge is 2.08. The van der Waals surface area contributed by atoms with Crippen LogP contribution in [0.4, 0.5) is 0 Å². The molecule has 0 amide bonds. The lowest BCUT2D eigenvalue weighted by atomic mass is 10.3. The average Bonchev–Trinajstić information content (AvgIpc) is 2.61. The molecule has 1 heterocycles. The monoisotopic (exact) mass is 243 g/mol. The Labute approximate surface area is 99.5 Å². The molecule has 0 bridgehead atoms. The Hall–Kier alpha value is -1.06. The summed E-state index contributed by atoms with van der Waals surface area (Å²) in [6, 6.07) is 9.95. The van der Waals surface area contributed by atoms with Crippen molar-refractivity contribution in [1.29, 1.82) is 0 Å². The molecule has 0 saturated carbocycles. The third kappa shape index (κ3) is 2.30. The molecule has 2 rings (SSSR count). The van der Waals surface area contributed by atoms with E-state index in [1.165, 1.54) is 0 Å². The van der Waals surface area contributed by atoms with Gasteiger partial charge in [-0.2, -0.15) is 0 Å². The maximum absolute atomic E-state index is 5.77. The Kier molecular flexibility index (Phi) is 4.12. The normalized spacial score (nSPS) is 9.73. The molecule has 0 unspecified atom stereocenters. The fourth-order valence-electron chi connectivity index (χ4n) is 1.41. The van der Waals surface area contributed by atoms with Crippen LogP contribution in [0.1, 0.15) is 11.6 Å². The van der Waals surface area contributed by atoms with Crippen LogP contribution in [0.5, 0.6) is 0 Å². The third-order valence-electron chi connectivity index (χ3n) is 2.03. The zero-order valence-corrected chi connectivity index (χ0v) is 9.79. The van der Waals surface area contributed by atoms with Crippen molar-refractivity contribution in [2.75, 3.05) is 0 Å². The van der Waals surface area contributed by atoms with Gasteiger partial charge < -0.3 is 0 Å². The van der Waals surface area contributed by atoms with Crippen LogP contribution >= 0.6 is 24.0 Å². The second kappa shape index (κ2) is 5.14. The molecule has 0 aliphatic carbocycles. The summed E-state index contributed by atoms with van der Waals surface area (Å²) in [6.45, 7) is 1.91. The number of halogens is 2. The van der Waals surface area contributed by atoms with Crippen LogP contribution < -0.4 is 0 Å². The van der Waals surface area contributed by atoms with E-state index in [2.05, 4.69) is 10.2 Å². The third-order valence-corrected chi connectivity index (χ3v) is 2.26. The Morgan fingerprint density at radius 1 is 1.20 bits per heavy atom. The summed E-state index contributed by atoms with van der Waals surface area (Å²) in [5.41, 5.74) is 1.05. The average molecular weight is 244 g/mol. The molecule has 0 saturated heterocycles. The quantitative estimate of drug-likeness (QED) is 0.760. The summed E-state index contributed by atoms with van der Waals surface area (Å²) in [4.78, 5) is 0. The molecular formula is C10H11Cl2N3. The van der Waals surface area contributed by atoms with E-state index in [1.807, 2.05) is 41.8 Å². The largest absolute Gasteiger partial charge is 0.282 e. The number of hydrogen-bond acceptors (Lipinski definition) is 2. The van der Waals surface area contributed by atoms with E-state index in [1.54, 1.807) is 0 Å². The maximum Gasteiger partial charge on any atom is 0.152 e.